The minimum Gasteiger partial charge on any atom is -0.482 e. The van der Waals surface area contributed by atoms with Crippen LogP contribution < -0.4 is 4.74 Å². The van der Waals surface area contributed by atoms with Crippen molar-refractivity contribution in [3.63, 3.8) is 0 Å². The SMILES string of the molecule is O=C(COc1ccc(Cl)cc1Cl)N1C[C@H](O)[C@@H](N2CCCCC2)C1. The lowest BCUT2D eigenvalue weighted by Crippen LogP contribution is -2.46. The molecule has 1 aromatic rings. The molecule has 0 bridgehead atoms. The smallest absolute Gasteiger partial charge is 0.260 e. The van der Waals surface area contributed by atoms with E-state index in [9.17, 15) is 9.90 Å². The van der Waals surface area contributed by atoms with E-state index >= 15 is 0 Å². The van der Waals surface area contributed by atoms with E-state index < -0.39 is 6.10 Å². The minimum absolute atomic E-state index is 0.0355. The predicted octanol–water partition coefficient (Wildman–Crippen LogP) is 2.43. The summed E-state index contributed by atoms with van der Waals surface area (Å²) in [5.41, 5.74) is 0. The van der Waals surface area contributed by atoms with Crippen LogP contribution >= 0.6 is 23.2 Å². The van der Waals surface area contributed by atoms with Gasteiger partial charge in [0.05, 0.1) is 17.2 Å². The largest absolute Gasteiger partial charge is 0.482 e. The molecule has 0 aromatic heterocycles. The second kappa shape index (κ2) is 7.91. The summed E-state index contributed by atoms with van der Waals surface area (Å²) in [7, 11) is 0. The van der Waals surface area contributed by atoms with Crippen LogP contribution in [0.1, 0.15) is 19.3 Å². The summed E-state index contributed by atoms with van der Waals surface area (Å²) in [6, 6.07) is 4.93. The van der Waals surface area contributed by atoms with Crippen molar-refractivity contribution in [3.05, 3.63) is 28.2 Å². The van der Waals surface area contributed by atoms with Crippen molar-refractivity contribution in [2.75, 3.05) is 32.8 Å². The van der Waals surface area contributed by atoms with Gasteiger partial charge in [-0.05, 0) is 44.1 Å². The van der Waals surface area contributed by atoms with Crippen molar-refractivity contribution in [3.8, 4) is 5.75 Å². The van der Waals surface area contributed by atoms with Crippen molar-refractivity contribution in [1.82, 2.24) is 9.80 Å². The number of β-amino-alcohol motifs (C(OH)–C–C–N with tert-alkyl or cyclic N) is 1. The van der Waals surface area contributed by atoms with E-state index in [1.807, 2.05) is 0 Å². The summed E-state index contributed by atoms with van der Waals surface area (Å²) in [6.07, 6.45) is 3.08. The number of ether oxygens (including phenoxy) is 1. The van der Waals surface area contributed by atoms with Crippen molar-refractivity contribution < 1.29 is 14.6 Å². The van der Waals surface area contributed by atoms with Gasteiger partial charge in [0.1, 0.15) is 5.75 Å². The lowest BCUT2D eigenvalue weighted by Gasteiger charge is -2.33. The van der Waals surface area contributed by atoms with Gasteiger partial charge in [-0.2, -0.15) is 0 Å². The zero-order chi connectivity index (χ0) is 17.1. The average molecular weight is 373 g/mol. The first kappa shape index (κ1) is 17.8. The van der Waals surface area contributed by atoms with E-state index in [0.29, 0.717) is 28.9 Å². The number of aliphatic hydroxyl groups excluding tert-OH is 1. The fourth-order valence-electron chi connectivity index (χ4n) is 3.40. The average Bonchev–Trinajstić information content (AvgIpc) is 2.96. The molecule has 2 atom stereocenters. The third-order valence-electron chi connectivity index (χ3n) is 4.72. The van der Waals surface area contributed by atoms with Gasteiger partial charge < -0.3 is 14.7 Å². The van der Waals surface area contributed by atoms with Gasteiger partial charge in [-0.25, -0.2) is 0 Å². The van der Waals surface area contributed by atoms with Gasteiger partial charge in [0.25, 0.3) is 5.91 Å². The predicted molar refractivity (Wildman–Crippen MR) is 93.8 cm³/mol. The molecule has 2 aliphatic rings. The van der Waals surface area contributed by atoms with Crippen LogP contribution in [0.5, 0.6) is 5.75 Å². The lowest BCUT2D eigenvalue weighted by molar-refractivity contribution is -0.132. The standard InChI is InChI=1S/C17H22Cl2N2O3/c18-12-4-5-16(13(19)8-12)24-11-17(23)21-9-14(15(22)10-21)20-6-2-1-3-7-20/h4-5,8,14-15,22H,1-3,6-7,9-11H2/t14-,15-/m0/s1. The Morgan fingerprint density at radius 3 is 2.67 bits per heavy atom. The number of benzene rings is 1. The third-order valence-corrected chi connectivity index (χ3v) is 5.25. The molecular weight excluding hydrogens is 351 g/mol. The molecular formula is C17H22Cl2N2O3. The highest BCUT2D eigenvalue weighted by atomic mass is 35.5. The third kappa shape index (κ3) is 4.14. The summed E-state index contributed by atoms with van der Waals surface area (Å²) in [5.74, 6) is 0.293. The van der Waals surface area contributed by atoms with Crippen LogP contribution in [0, 0.1) is 0 Å². The zero-order valence-electron chi connectivity index (χ0n) is 13.5. The number of carbonyl (C=O) groups is 1. The molecule has 2 fully saturated rings. The molecule has 24 heavy (non-hydrogen) atoms. The Balaban J connectivity index is 1.53. The Kier molecular flexibility index (Phi) is 5.87. The highest BCUT2D eigenvalue weighted by Crippen LogP contribution is 2.27. The number of halogens is 2. The van der Waals surface area contributed by atoms with Crippen molar-refractivity contribution in [1.29, 1.82) is 0 Å². The van der Waals surface area contributed by atoms with Gasteiger partial charge >= 0.3 is 0 Å². The van der Waals surface area contributed by atoms with E-state index in [1.165, 1.54) is 6.42 Å². The number of amides is 1. The number of hydrogen-bond donors (Lipinski definition) is 1. The highest BCUT2D eigenvalue weighted by Gasteiger charge is 2.37. The molecule has 1 amide bonds. The van der Waals surface area contributed by atoms with E-state index in [1.54, 1.807) is 23.1 Å². The monoisotopic (exact) mass is 372 g/mol. The summed E-state index contributed by atoms with van der Waals surface area (Å²) >= 11 is 11.9. The number of hydrogen-bond acceptors (Lipinski definition) is 4. The maximum absolute atomic E-state index is 12.4. The molecule has 0 aliphatic carbocycles. The summed E-state index contributed by atoms with van der Waals surface area (Å²) in [5, 5.41) is 11.2. The molecule has 0 spiro atoms. The number of rotatable bonds is 4. The second-order valence-corrected chi connectivity index (χ2v) is 7.24. The molecule has 132 valence electrons. The van der Waals surface area contributed by atoms with Gasteiger partial charge in [0.2, 0.25) is 0 Å². The van der Waals surface area contributed by atoms with Gasteiger partial charge in [-0.3, -0.25) is 9.69 Å². The maximum atomic E-state index is 12.4. The fraction of sp³-hybridized carbons (Fsp3) is 0.588. The van der Waals surface area contributed by atoms with Crippen LogP contribution in [0.15, 0.2) is 18.2 Å². The topological polar surface area (TPSA) is 53.0 Å². The number of likely N-dealkylation sites (tertiary alicyclic amines) is 2. The van der Waals surface area contributed by atoms with E-state index in [2.05, 4.69) is 4.90 Å². The molecule has 0 radical (unpaired) electrons. The normalized spacial score (nSPS) is 25.0. The molecule has 0 unspecified atom stereocenters. The minimum atomic E-state index is -0.494. The van der Waals surface area contributed by atoms with Crippen LogP contribution in [0.25, 0.3) is 0 Å². The fourth-order valence-corrected chi connectivity index (χ4v) is 3.87. The molecule has 2 saturated heterocycles. The zero-order valence-corrected chi connectivity index (χ0v) is 15.0. The quantitative estimate of drug-likeness (QED) is 0.881. The maximum Gasteiger partial charge on any atom is 0.260 e. The molecule has 2 heterocycles. The van der Waals surface area contributed by atoms with Crippen LogP contribution in [0.3, 0.4) is 0 Å². The first-order chi connectivity index (χ1) is 11.5. The van der Waals surface area contributed by atoms with Gasteiger partial charge in [0, 0.05) is 18.1 Å². The Morgan fingerprint density at radius 2 is 1.96 bits per heavy atom. The Morgan fingerprint density at radius 1 is 1.21 bits per heavy atom. The molecule has 5 nitrogen and oxygen atoms in total. The van der Waals surface area contributed by atoms with E-state index in [4.69, 9.17) is 27.9 Å². The first-order valence-corrected chi connectivity index (χ1v) is 9.08. The number of carbonyl (C=O) groups excluding carboxylic acids is 1. The van der Waals surface area contributed by atoms with E-state index in [0.717, 1.165) is 25.9 Å². The Hall–Kier alpha value is -1.01. The Bertz CT molecular complexity index is 593. The van der Waals surface area contributed by atoms with Gasteiger partial charge in [-0.15, -0.1) is 0 Å². The van der Waals surface area contributed by atoms with Crippen LogP contribution in [-0.4, -0.2) is 65.7 Å². The highest BCUT2D eigenvalue weighted by molar-refractivity contribution is 6.35. The number of piperidine rings is 1. The number of nitrogens with zero attached hydrogens (tertiary/aromatic N) is 2. The Labute approximate surface area is 152 Å². The van der Waals surface area contributed by atoms with Crippen molar-refractivity contribution >= 4 is 29.1 Å². The molecule has 1 N–H and O–H groups in total. The molecule has 3 rings (SSSR count). The number of aliphatic hydroxyl groups is 1. The van der Waals surface area contributed by atoms with Crippen LogP contribution in [-0.2, 0) is 4.79 Å². The van der Waals surface area contributed by atoms with Gasteiger partial charge in [0.15, 0.2) is 6.61 Å². The van der Waals surface area contributed by atoms with Crippen molar-refractivity contribution in [2.45, 2.75) is 31.4 Å². The van der Waals surface area contributed by atoms with Crippen molar-refractivity contribution in [2.24, 2.45) is 0 Å². The van der Waals surface area contributed by atoms with Crippen LogP contribution in [0.4, 0.5) is 0 Å². The summed E-state index contributed by atoms with van der Waals surface area (Å²) in [4.78, 5) is 16.4. The molecule has 7 heteroatoms. The lowest BCUT2D eigenvalue weighted by atomic mass is 10.1. The molecule has 0 saturated carbocycles. The summed E-state index contributed by atoms with van der Waals surface area (Å²) < 4.78 is 5.50. The second-order valence-electron chi connectivity index (χ2n) is 6.39. The van der Waals surface area contributed by atoms with Crippen LogP contribution in [0.2, 0.25) is 10.0 Å². The van der Waals surface area contributed by atoms with E-state index in [-0.39, 0.29) is 18.6 Å². The van der Waals surface area contributed by atoms with Gasteiger partial charge in [-0.1, -0.05) is 29.6 Å². The first-order valence-electron chi connectivity index (χ1n) is 8.32. The summed E-state index contributed by atoms with van der Waals surface area (Å²) in [6.45, 7) is 2.82. The molecule has 1 aromatic carbocycles. The molecule has 2 aliphatic heterocycles.